The third-order valence-corrected chi connectivity index (χ3v) is 6.26. The topological polar surface area (TPSA) is 51.4 Å². The molecule has 2 aromatic rings. The van der Waals surface area contributed by atoms with Gasteiger partial charge >= 0.3 is 0 Å². The maximum atomic E-state index is 5.94. The number of anilines is 1. The van der Waals surface area contributed by atoms with Gasteiger partial charge in [-0.3, -0.25) is 0 Å². The Labute approximate surface area is 147 Å². The van der Waals surface area contributed by atoms with Crippen molar-refractivity contribution in [1.29, 1.82) is 0 Å². The third kappa shape index (κ3) is 3.08. The monoisotopic (exact) mass is 343 g/mol. The second-order valence-electron chi connectivity index (χ2n) is 7.05. The van der Waals surface area contributed by atoms with Gasteiger partial charge in [0, 0.05) is 23.9 Å². The number of ether oxygens (including phenoxy) is 1. The Bertz CT molecular complexity index is 658. The van der Waals surface area contributed by atoms with Crippen LogP contribution >= 0.6 is 11.3 Å². The van der Waals surface area contributed by atoms with Crippen molar-refractivity contribution in [3.8, 4) is 0 Å². The Morgan fingerprint density at radius 3 is 2.67 bits per heavy atom. The van der Waals surface area contributed by atoms with Gasteiger partial charge in [-0.1, -0.05) is 30.3 Å². The number of hydrogen-bond acceptors (Lipinski definition) is 5. The van der Waals surface area contributed by atoms with Crippen LogP contribution in [0.5, 0.6) is 0 Å². The molecule has 2 fully saturated rings. The van der Waals surface area contributed by atoms with Crippen LogP contribution in [-0.2, 0) is 10.2 Å². The molecular formula is C19H25N3OS. The normalized spacial score (nSPS) is 24.2. The summed E-state index contributed by atoms with van der Waals surface area (Å²) < 4.78 is 5.53. The average molecular weight is 343 g/mol. The number of nitrogen functional groups attached to an aromatic ring is 1. The molecule has 4 rings (SSSR count). The highest BCUT2D eigenvalue weighted by molar-refractivity contribution is 7.13. The van der Waals surface area contributed by atoms with E-state index < -0.39 is 0 Å². The summed E-state index contributed by atoms with van der Waals surface area (Å²) in [7, 11) is 0. The number of nitrogens with zero attached hydrogens (tertiary/aromatic N) is 2. The first-order valence-corrected chi connectivity index (χ1v) is 9.71. The SMILES string of the molecule is Nc1nc(C2(c3ccccc3)CCN(CC3CCOC3)CC2)cs1. The van der Waals surface area contributed by atoms with Gasteiger partial charge < -0.3 is 15.4 Å². The molecule has 0 bridgehead atoms. The first-order valence-electron chi connectivity index (χ1n) is 8.83. The van der Waals surface area contributed by atoms with E-state index in [9.17, 15) is 0 Å². The number of rotatable bonds is 4. The second-order valence-corrected chi connectivity index (χ2v) is 7.94. The molecule has 5 heteroatoms. The van der Waals surface area contributed by atoms with Gasteiger partial charge in [0.25, 0.3) is 0 Å². The predicted octanol–water partition coefficient (Wildman–Crippen LogP) is 3.14. The van der Waals surface area contributed by atoms with E-state index in [4.69, 9.17) is 10.5 Å². The maximum Gasteiger partial charge on any atom is 0.180 e. The lowest BCUT2D eigenvalue weighted by Gasteiger charge is -2.42. The maximum absolute atomic E-state index is 5.94. The standard InChI is InChI=1S/C19H25N3OS/c20-18-21-17(14-24-18)19(16-4-2-1-3-5-16)7-9-22(10-8-19)12-15-6-11-23-13-15/h1-5,14-15H,6-13H2,(H2,20,21). The lowest BCUT2D eigenvalue weighted by atomic mass is 9.70. The summed E-state index contributed by atoms with van der Waals surface area (Å²) >= 11 is 1.55. The van der Waals surface area contributed by atoms with Crippen LogP contribution in [-0.4, -0.2) is 42.7 Å². The zero-order chi connectivity index (χ0) is 16.4. The Balaban J connectivity index is 1.55. The molecule has 24 heavy (non-hydrogen) atoms. The number of nitrogens with two attached hydrogens (primary N) is 1. The highest BCUT2D eigenvalue weighted by Gasteiger charge is 2.40. The van der Waals surface area contributed by atoms with Gasteiger partial charge in [0.05, 0.1) is 12.3 Å². The van der Waals surface area contributed by atoms with Gasteiger partial charge in [-0.05, 0) is 43.8 Å². The van der Waals surface area contributed by atoms with Gasteiger partial charge in [0.2, 0.25) is 0 Å². The fourth-order valence-corrected chi connectivity index (χ4v) is 4.83. The van der Waals surface area contributed by atoms with E-state index in [0.717, 1.165) is 44.8 Å². The van der Waals surface area contributed by atoms with Crippen molar-refractivity contribution in [1.82, 2.24) is 9.88 Å². The molecule has 128 valence electrons. The van der Waals surface area contributed by atoms with E-state index in [1.54, 1.807) is 11.3 Å². The van der Waals surface area contributed by atoms with Crippen molar-refractivity contribution in [3.05, 3.63) is 47.0 Å². The fraction of sp³-hybridized carbons (Fsp3) is 0.526. The largest absolute Gasteiger partial charge is 0.381 e. The van der Waals surface area contributed by atoms with Crippen molar-refractivity contribution in [2.75, 3.05) is 38.6 Å². The first-order chi connectivity index (χ1) is 11.8. The molecule has 0 radical (unpaired) electrons. The lowest BCUT2D eigenvalue weighted by molar-refractivity contribution is 0.137. The number of aromatic nitrogens is 1. The molecular weight excluding hydrogens is 318 g/mol. The van der Waals surface area contributed by atoms with Gasteiger partial charge in [0.15, 0.2) is 5.13 Å². The minimum absolute atomic E-state index is 0.0120. The Morgan fingerprint density at radius 1 is 1.25 bits per heavy atom. The number of likely N-dealkylation sites (tertiary alicyclic amines) is 1. The molecule has 0 saturated carbocycles. The zero-order valence-corrected chi connectivity index (χ0v) is 14.8. The van der Waals surface area contributed by atoms with Gasteiger partial charge in [0.1, 0.15) is 0 Å². The van der Waals surface area contributed by atoms with Crippen LogP contribution in [0.25, 0.3) is 0 Å². The first kappa shape index (κ1) is 16.1. The summed E-state index contributed by atoms with van der Waals surface area (Å²) in [6.45, 7) is 5.27. The van der Waals surface area contributed by atoms with E-state index >= 15 is 0 Å². The van der Waals surface area contributed by atoms with Crippen LogP contribution in [0.4, 0.5) is 5.13 Å². The second kappa shape index (κ2) is 6.82. The Kier molecular flexibility index (Phi) is 4.57. The van der Waals surface area contributed by atoms with Crippen molar-refractivity contribution in [2.24, 2.45) is 5.92 Å². The molecule has 1 unspecified atom stereocenters. The van der Waals surface area contributed by atoms with E-state index in [0.29, 0.717) is 11.0 Å². The number of thiazole rings is 1. The number of benzene rings is 1. The van der Waals surface area contributed by atoms with Crippen molar-refractivity contribution >= 4 is 16.5 Å². The molecule has 0 aliphatic carbocycles. The summed E-state index contributed by atoms with van der Waals surface area (Å²) in [5.74, 6) is 0.712. The van der Waals surface area contributed by atoms with Gasteiger partial charge in [-0.15, -0.1) is 11.3 Å². The molecule has 3 heterocycles. The zero-order valence-electron chi connectivity index (χ0n) is 14.0. The van der Waals surface area contributed by atoms with Crippen LogP contribution in [0.2, 0.25) is 0 Å². The number of piperidine rings is 1. The summed E-state index contributed by atoms with van der Waals surface area (Å²) in [4.78, 5) is 7.28. The number of hydrogen-bond donors (Lipinski definition) is 1. The van der Waals surface area contributed by atoms with Gasteiger partial charge in [-0.25, -0.2) is 4.98 Å². The minimum atomic E-state index is 0.0120. The summed E-state index contributed by atoms with van der Waals surface area (Å²) in [5, 5.41) is 2.83. The Morgan fingerprint density at radius 2 is 2.04 bits per heavy atom. The molecule has 2 aliphatic rings. The van der Waals surface area contributed by atoms with Crippen LogP contribution in [0.1, 0.15) is 30.5 Å². The molecule has 0 amide bonds. The summed E-state index contributed by atoms with van der Waals surface area (Å²) in [5.41, 5.74) is 8.48. The van der Waals surface area contributed by atoms with E-state index in [1.165, 1.54) is 18.5 Å². The van der Waals surface area contributed by atoms with Crippen LogP contribution in [0, 0.1) is 5.92 Å². The molecule has 2 saturated heterocycles. The molecule has 1 atom stereocenters. The summed E-state index contributed by atoms with van der Waals surface area (Å²) in [6.07, 6.45) is 3.42. The van der Waals surface area contributed by atoms with Gasteiger partial charge in [-0.2, -0.15) is 0 Å². The highest BCUT2D eigenvalue weighted by Crippen LogP contribution is 2.42. The van der Waals surface area contributed by atoms with E-state index in [2.05, 4.69) is 45.6 Å². The van der Waals surface area contributed by atoms with Crippen LogP contribution in [0.3, 0.4) is 0 Å². The average Bonchev–Trinajstić information content (AvgIpc) is 3.29. The van der Waals surface area contributed by atoms with Crippen molar-refractivity contribution < 1.29 is 4.74 Å². The lowest BCUT2D eigenvalue weighted by Crippen LogP contribution is -2.45. The third-order valence-electron chi connectivity index (χ3n) is 5.59. The molecule has 2 N–H and O–H groups in total. The molecule has 4 nitrogen and oxygen atoms in total. The van der Waals surface area contributed by atoms with Crippen molar-refractivity contribution in [2.45, 2.75) is 24.7 Å². The molecule has 0 spiro atoms. The quantitative estimate of drug-likeness (QED) is 0.926. The minimum Gasteiger partial charge on any atom is -0.381 e. The molecule has 1 aromatic heterocycles. The molecule has 1 aromatic carbocycles. The van der Waals surface area contributed by atoms with E-state index in [-0.39, 0.29) is 5.41 Å². The van der Waals surface area contributed by atoms with Crippen LogP contribution < -0.4 is 5.73 Å². The smallest absolute Gasteiger partial charge is 0.180 e. The molecule has 2 aliphatic heterocycles. The highest BCUT2D eigenvalue weighted by atomic mass is 32.1. The predicted molar refractivity (Wildman–Crippen MR) is 98.3 cm³/mol. The summed E-state index contributed by atoms with van der Waals surface area (Å²) in [6, 6.07) is 10.8. The Hall–Kier alpha value is -1.43. The fourth-order valence-electron chi connectivity index (χ4n) is 4.17. The van der Waals surface area contributed by atoms with Crippen molar-refractivity contribution in [3.63, 3.8) is 0 Å². The van der Waals surface area contributed by atoms with E-state index in [1.807, 2.05) is 0 Å². The van der Waals surface area contributed by atoms with Crippen LogP contribution in [0.15, 0.2) is 35.7 Å².